The molecule has 3 nitrogen and oxygen atoms in total. The molecule has 0 aromatic heterocycles. The van der Waals surface area contributed by atoms with Gasteiger partial charge >= 0.3 is 0 Å². The molecule has 0 fully saturated rings. The van der Waals surface area contributed by atoms with E-state index in [1.165, 1.54) is 38.5 Å². The lowest BCUT2D eigenvalue weighted by Crippen LogP contribution is -2.27. The van der Waals surface area contributed by atoms with Gasteiger partial charge in [-0.1, -0.05) is 46.0 Å². The van der Waals surface area contributed by atoms with Gasteiger partial charge in [0.25, 0.3) is 0 Å². The maximum Gasteiger partial charge on any atom is 0.0342 e. The van der Waals surface area contributed by atoms with Crippen LogP contribution in [0.3, 0.4) is 0 Å². The van der Waals surface area contributed by atoms with Crippen molar-refractivity contribution in [1.82, 2.24) is 5.01 Å². The second kappa shape index (κ2) is 16.0. The molecule has 0 radical (unpaired) electrons. The van der Waals surface area contributed by atoms with E-state index in [2.05, 4.69) is 27.0 Å². The highest BCUT2D eigenvalue weighted by Gasteiger charge is 1.96. The molecule has 0 amide bonds. The summed E-state index contributed by atoms with van der Waals surface area (Å²) in [7, 11) is 0. The Labute approximate surface area is 114 Å². The molecular formula is C15H33N3. The lowest BCUT2D eigenvalue weighted by Gasteiger charge is -2.14. The Bertz CT molecular complexity index is 190. The molecule has 0 aromatic carbocycles. The molecule has 0 unspecified atom stereocenters. The van der Waals surface area contributed by atoms with Crippen LogP contribution in [0, 0.1) is 0 Å². The topological polar surface area (TPSA) is 55.3 Å². The summed E-state index contributed by atoms with van der Waals surface area (Å²) in [6.45, 7) is 11.3. The third-order valence-corrected chi connectivity index (χ3v) is 2.67. The lowest BCUT2D eigenvalue weighted by molar-refractivity contribution is 0.375. The van der Waals surface area contributed by atoms with E-state index in [4.69, 9.17) is 11.6 Å². The molecule has 108 valence electrons. The number of hydrazine groups is 1. The summed E-state index contributed by atoms with van der Waals surface area (Å²) < 4.78 is 0. The first-order valence-corrected chi connectivity index (χ1v) is 7.18. The third kappa shape index (κ3) is 15.0. The summed E-state index contributed by atoms with van der Waals surface area (Å²) in [4.78, 5) is 0. The van der Waals surface area contributed by atoms with Crippen molar-refractivity contribution in [3.63, 3.8) is 0 Å². The number of hydrogen-bond donors (Lipinski definition) is 2. The molecule has 0 atom stereocenters. The van der Waals surface area contributed by atoms with Gasteiger partial charge < -0.3 is 10.7 Å². The summed E-state index contributed by atoms with van der Waals surface area (Å²) >= 11 is 0. The molecule has 4 N–H and O–H groups in total. The minimum absolute atomic E-state index is 0.906. The van der Waals surface area contributed by atoms with Crippen molar-refractivity contribution >= 4 is 0 Å². The highest BCUT2D eigenvalue weighted by atomic mass is 15.4. The number of rotatable bonds is 10. The SMILES string of the molecule is C=C.CCCCCC/C(N)=C/N(N)CCCCC. The second-order valence-corrected chi connectivity index (χ2v) is 4.46. The monoisotopic (exact) mass is 255 g/mol. The molecular weight excluding hydrogens is 222 g/mol. The minimum atomic E-state index is 0.906. The number of allylic oxidation sites excluding steroid dienone is 1. The minimum Gasteiger partial charge on any atom is -0.401 e. The molecule has 0 saturated carbocycles. The number of nitrogens with zero attached hydrogens (tertiary/aromatic N) is 1. The first-order chi connectivity index (χ1) is 8.70. The van der Waals surface area contributed by atoms with Crippen molar-refractivity contribution in [1.29, 1.82) is 0 Å². The van der Waals surface area contributed by atoms with Gasteiger partial charge in [0.05, 0.1) is 0 Å². The first-order valence-electron chi connectivity index (χ1n) is 7.18. The zero-order chi connectivity index (χ0) is 14.2. The lowest BCUT2D eigenvalue weighted by atomic mass is 10.1. The molecule has 0 saturated heterocycles. The quantitative estimate of drug-likeness (QED) is 0.269. The Kier molecular flexibility index (Phi) is 17.3. The molecule has 0 aliphatic heterocycles. The van der Waals surface area contributed by atoms with Crippen LogP contribution in [0.4, 0.5) is 0 Å². The van der Waals surface area contributed by atoms with E-state index >= 15 is 0 Å². The Morgan fingerprint density at radius 3 is 2.11 bits per heavy atom. The van der Waals surface area contributed by atoms with Crippen molar-refractivity contribution in [2.24, 2.45) is 11.6 Å². The van der Waals surface area contributed by atoms with Crippen molar-refractivity contribution < 1.29 is 0 Å². The molecule has 18 heavy (non-hydrogen) atoms. The van der Waals surface area contributed by atoms with Crippen LogP contribution in [-0.2, 0) is 0 Å². The van der Waals surface area contributed by atoms with Crippen LogP contribution in [0.15, 0.2) is 25.1 Å². The summed E-state index contributed by atoms with van der Waals surface area (Å²) in [5.41, 5.74) is 6.81. The Morgan fingerprint density at radius 2 is 1.56 bits per heavy atom. The maximum atomic E-state index is 5.90. The van der Waals surface area contributed by atoms with E-state index in [-0.39, 0.29) is 0 Å². The second-order valence-electron chi connectivity index (χ2n) is 4.46. The fraction of sp³-hybridized carbons (Fsp3) is 0.733. The molecule has 0 spiro atoms. The summed E-state index contributed by atoms with van der Waals surface area (Å²) in [5, 5.41) is 1.73. The fourth-order valence-electron chi connectivity index (χ4n) is 1.64. The average Bonchev–Trinajstić information content (AvgIpc) is 2.37. The Hall–Kier alpha value is -0.960. The Morgan fingerprint density at radius 1 is 1.00 bits per heavy atom. The first kappa shape index (κ1) is 19.4. The van der Waals surface area contributed by atoms with E-state index < -0.39 is 0 Å². The third-order valence-electron chi connectivity index (χ3n) is 2.67. The molecule has 0 aromatic rings. The molecule has 3 heteroatoms. The normalized spacial score (nSPS) is 10.7. The van der Waals surface area contributed by atoms with E-state index in [1.54, 1.807) is 5.01 Å². The highest BCUT2D eigenvalue weighted by molar-refractivity contribution is 4.94. The van der Waals surface area contributed by atoms with Crippen LogP contribution >= 0.6 is 0 Å². The van der Waals surface area contributed by atoms with E-state index in [0.29, 0.717) is 0 Å². The van der Waals surface area contributed by atoms with E-state index in [0.717, 1.165) is 25.1 Å². The molecule has 0 rings (SSSR count). The predicted octanol–water partition coefficient (Wildman–Crippen LogP) is 3.93. The van der Waals surface area contributed by atoms with Gasteiger partial charge in [0.15, 0.2) is 0 Å². The fourth-order valence-corrected chi connectivity index (χ4v) is 1.64. The maximum absolute atomic E-state index is 5.90. The highest BCUT2D eigenvalue weighted by Crippen LogP contribution is 2.06. The van der Waals surface area contributed by atoms with Crippen LogP contribution < -0.4 is 11.6 Å². The Balaban J connectivity index is 0. The molecule has 0 bridgehead atoms. The number of unbranched alkanes of at least 4 members (excludes halogenated alkanes) is 5. The standard InChI is InChI=1S/C13H29N3.C2H4/c1-3-5-7-8-10-13(14)12-16(15)11-9-6-4-2;1-2/h12H,3-11,14-15H2,1-2H3;1-2H2/b13-12-;. The molecule has 0 aliphatic carbocycles. The zero-order valence-electron chi connectivity index (χ0n) is 12.5. The van der Waals surface area contributed by atoms with Crippen molar-refractivity contribution in [2.75, 3.05) is 6.54 Å². The number of hydrogen-bond acceptors (Lipinski definition) is 3. The predicted molar refractivity (Wildman–Crippen MR) is 82.7 cm³/mol. The van der Waals surface area contributed by atoms with Crippen LogP contribution in [0.25, 0.3) is 0 Å². The van der Waals surface area contributed by atoms with Gasteiger partial charge in [0, 0.05) is 18.4 Å². The van der Waals surface area contributed by atoms with Crippen LogP contribution in [0.2, 0.25) is 0 Å². The van der Waals surface area contributed by atoms with Crippen LogP contribution in [0.1, 0.15) is 65.2 Å². The van der Waals surface area contributed by atoms with Gasteiger partial charge in [0.1, 0.15) is 0 Å². The smallest absolute Gasteiger partial charge is 0.0342 e. The largest absolute Gasteiger partial charge is 0.401 e. The van der Waals surface area contributed by atoms with E-state index in [9.17, 15) is 0 Å². The van der Waals surface area contributed by atoms with Crippen molar-refractivity contribution in [3.8, 4) is 0 Å². The van der Waals surface area contributed by atoms with Crippen molar-refractivity contribution in [3.05, 3.63) is 25.1 Å². The van der Waals surface area contributed by atoms with Crippen LogP contribution in [0.5, 0.6) is 0 Å². The molecule has 0 aliphatic rings. The van der Waals surface area contributed by atoms with Gasteiger partial charge in [-0.05, 0) is 19.3 Å². The van der Waals surface area contributed by atoms with Gasteiger partial charge in [-0.2, -0.15) is 0 Å². The van der Waals surface area contributed by atoms with Gasteiger partial charge in [-0.3, -0.25) is 0 Å². The molecule has 0 heterocycles. The van der Waals surface area contributed by atoms with Crippen LogP contribution in [-0.4, -0.2) is 11.6 Å². The summed E-state index contributed by atoms with van der Waals surface area (Å²) in [6, 6.07) is 0. The van der Waals surface area contributed by atoms with E-state index in [1.807, 2.05) is 6.20 Å². The zero-order valence-corrected chi connectivity index (χ0v) is 12.5. The number of nitrogens with two attached hydrogens (primary N) is 2. The summed E-state index contributed by atoms with van der Waals surface area (Å²) in [5.74, 6) is 5.82. The van der Waals surface area contributed by atoms with Crippen molar-refractivity contribution in [2.45, 2.75) is 65.2 Å². The summed E-state index contributed by atoms with van der Waals surface area (Å²) in [6.07, 6.45) is 11.5. The van der Waals surface area contributed by atoms with Gasteiger partial charge in [-0.25, -0.2) is 5.84 Å². The van der Waals surface area contributed by atoms with Gasteiger partial charge in [0.2, 0.25) is 0 Å². The average molecular weight is 255 g/mol. The van der Waals surface area contributed by atoms with Gasteiger partial charge in [-0.15, -0.1) is 13.2 Å².